The number of ether oxygens (including phenoxy) is 1. The molecule has 2 aromatic rings. The number of aryl methyl sites for hydroxylation is 2. The maximum atomic E-state index is 12.7. The molecular formula is C21H21NO6. The van der Waals surface area contributed by atoms with E-state index in [-0.39, 0.29) is 23.0 Å². The van der Waals surface area contributed by atoms with E-state index in [1.54, 1.807) is 30.0 Å². The highest BCUT2D eigenvalue weighted by atomic mass is 16.5. The van der Waals surface area contributed by atoms with E-state index < -0.39 is 17.7 Å². The number of carbonyl (C=O) groups excluding carboxylic acids is 3. The summed E-state index contributed by atoms with van der Waals surface area (Å²) in [6.07, 6.45) is -0.340. The van der Waals surface area contributed by atoms with Crippen molar-refractivity contribution in [2.24, 2.45) is 0 Å². The number of benzene rings is 1. The van der Waals surface area contributed by atoms with Crippen molar-refractivity contribution in [3.63, 3.8) is 0 Å². The Kier molecular flexibility index (Phi) is 5.18. The van der Waals surface area contributed by atoms with Crippen LogP contribution in [0, 0.1) is 13.8 Å². The predicted octanol–water partition coefficient (Wildman–Crippen LogP) is 2.59. The number of carbonyl (C=O) groups is 3. The minimum absolute atomic E-state index is 0.0413. The number of Topliss-reactive ketones (excluding diaryl/α,β-unsaturated/α-hetero) is 1. The Morgan fingerprint density at radius 3 is 2.54 bits per heavy atom. The molecule has 3 rings (SSSR count). The fourth-order valence-electron chi connectivity index (χ4n) is 3.45. The summed E-state index contributed by atoms with van der Waals surface area (Å²) in [6, 6.07) is 6.32. The van der Waals surface area contributed by atoms with E-state index >= 15 is 0 Å². The summed E-state index contributed by atoms with van der Waals surface area (Å²) in [5.41, 5.74) is 2.16. The number of anilines is 1. The molecule has 0 bridgehead atoms. The molecule has 146 valence electrons. The molecule has 1 aliphatic heterocycles. The average molecular weight is 383 g/mol. The summed E-state index contributed by atoms with van der Waals surface area (Å²) in [5, 5.41) is 0. The van der Waals surface area contributed by atoms with Crippen LogP contribution in [0.15, 0.2) is 33.5 Å². The molecule has 1 amide bonds. The lowest BCUT2D eigenvalue weighted by Gasteiger charge is -2.16. The van der Waals surface area contributed by atoms with Gasteiger partial charge in [-0.25, -0.2) is 9.59 Å². The third-order valence-electron chi connectivity index (χ3n) is 4.83. The second-order valence-electron chi connectivity index (χ2n) is 6.86. The van der Waals surface area contributed by atoms with Crippen LogP contribution in [-0.2, 0) is 16.0 Å². The van der Waals surface area contributed by atoms with Crippen LogP contribution in [0.25, 0.3) is 0 Å². The second-order valence-corrected chi connectivity index (χ2v) is 6.86. The quantitative estimate of drug-likeness (QED) is 0.595. The van der Waals surface area contributed by atoms with Gasteiger partial charge in [0.05, 0.1) is 0 Å². The highest BCUT2D eigenvalue weighted by Crippen LogP contribution is 2.29. The van der Waals surface area contributed by atoms with Gasteiger partial charge < -0.3 is 14.1 Å². The number of amides is 1. The summed E-state index contributed by atoms with van der Waals surface area (Å²) in [6.45, 7) is 6.70. The zero-order valence-electron chi connectivity index (χ0n) is 16.2. The summed E-state index contributed by atoms with van der Waals surface area (Å²) >= 11 is 0. The van der Waals surface area contributed by atoms with Gasteiger partial charge in [-0.05, 0) is 56.5 Å². The van der Waals surface area contributed by atoms with Gasteiger partial charge in [0.15, 0.2) is 6.10 Å². The van der Waals surface area contributed by atoms with E-state index in [4.69, 9.17) is 9.15 Å². The molecule has 0 unspecified atom stereocenters. The van der Waals surface area contributed by atoms with Gasteiger partial charge in [0.1, 0.15) is 11.3 Å². The molecule has 1 aromatic heterocycles. The first-order chi connectivity index (χ1) is 13.2. The number of hydrogen-bond donors (Lipinski definition) is 0. The van der Waals surface area contributed by atoms with Crippen molar-refractivity contribution >= 4 is 23.3 Å². The van der Waals surface area contributed by atoms with Crippen LogP contribution in [0.1, 0.15) is 51.5 Å². The average Bonchev–Trinajstić information content (AvgIpc) is 3.03. The molecule has 0 fully saturated rings. The molecule has 28 heavy (non-hydrogen) atoms. The molecule has 1 aliphatic rings. The van der Waals surface area contributed by atoms with E-state index in [0.29, 0.717) is 24.1 Å². The van der Waals surface area contributed by atoms with Gasteiger partial charge in [0.25, 0.3) is 0 Å². The Labute approximate surface area is 161 Å². The minimum atomic E-state index is -1.01. The Bertz CT molecular complexity index is 1010. The van der Waals surface area contributed by atoms with Gasteiger partial charge in [0.2, 0.25) is 11.7 Å². The zero-order chi connectivity index (χ0) is 20.6. The molecule has 1 aromatic carbocycles. The number of hydrogen-bond acceptors (Lipinski definition) is 6. The Morgan fingerprint density at radius 2 is 1.89 bits per heavy atom. The smallest absolute Gasteiger partial charge is 0.342 e. The van der Waals surface area contributed by atoms with Crippen LogP contribution in [0.5, 0.6) is 0 Å². The molecule has 0 radical (unpaired) electrons. The van der Waals surface area contributed by atoms with Crippen molar-refractivity contribution in [1.29, 1.82) is 0 Å². The predicted molar refractivity (Wildman–Crippen MR) is 102 cm³/mol. The van der Waals surface area contributed by atoms with Gasteiger partial charge in [-0.1, -0.05) is 0 Å². The first kappa shape index (κ1) is 19.5. The first-order valence-corrected chi connectivity index (χ1v) is 8.96. The molecule has 7 heteroatoms. The largest absolute Gasteiger partial charge is 0.451 e. The minimum Gasteiger partial charge on any atom is -0.451 e. The molecule has 2 heterocycles. The monoisotopic (exact) mass is 383 g/mol. The summed E-state index contributed by atoms with van der Waals surface area (Å²) in [5.74, 6) is -0.953. The lowest BCUT2D eigenvalue weighted by atomic mass is 10.0. The van der Waals surface area contributed by atoms with Crippen LogP contribution in [0.4, 0.5) is 5.69 Å². The number of nitrogens with zero attached hydrogens (tertiary/aromatic N) is 1. The third-order valence-corrected chi connectivity index (χ3v) is 4.83. The van der Waals surface area contributed by atoms with E-state index in [2.05, 4.69) is 0 Å². The lowest BCUT2D eigenvalue weighted by molar-refractivity contribution is -0.116. The fraction of sp³-hybridized carbons (Fsp3) is 0.333. The van der Waals surface area contributed by atoms with Crippen LogP contribution < -0.4 is 10.5 Å². The SMILES string of the molecule is CC(=O)N1CCc2cc(C(=O)[C@@H](C)OC(=O)c3c(C)cc(=O)oc3C)ccc21. The number of fused-ring (bicyclic) bond motifs is 1. The number of rotatable bonds is 4. The van der Waals surface area contributed by atoms with Crippen molar-refractivity contribution in [1.82, 2.24) is 0 Å². The summed E-state index contributed by atoms with van der Waals surface area (Å²) < 4.78 is 10.3. The lowest BCUT2D eigenvalue weighted by Crippen LogP contribution is -2.26. The maximum absolute atomic E-state index is 12.7. The van der Waals surface area contributed by atoms with Crippen molar-refractivity contribution in [3.05, 3.63) is 62.7 Å². The normalized spacial score (nSPS) is 13.8. The Morgan fingerprint density at radius 1 is 1.18 bits per heavy atom. The van der Waals surface area contributed by atoms with Crippen molar-refractivity contribution in [3.8, 4) is 0 Å². The molecule has 0 spiro atoms. The molecule has 7 nitrogen and oxygen atoms in total. The number of ketones is 1. The van der Waals surface area contributed by atoms with Crippen molar-refractivity contribution < 1.29 is 23.5 Å². The number of esters is 1. The first-order valence-electron chi connectivity index (χ1n) is 8.96. The van der Waals surface area contributed by atoms with Gasteiger partial charge in [-0.15, -0.1) is 0 Å². The van der Waals surface area contributed by atoms with E-state index in [0.717, 1.165) is 11.3 Å². The summed E-state index contributed by atoms with van der Waals surface area (Å²) in [4.78, 5) is 49.9. The summed E-state index contributed by atoms with van der Waals surface area (Å²) in [7, 11) is 0. The van der Waals surface area contributed by atoms with E-state index in [1.165, 1.54) is 26.8 Å². The highest BCUT2D eigenvalue weighted by molar-refractivity contribution is 6.03. The topological polar surface area (TPSA) is 93.9 Å². The molecular weight excluding hydrogens is 362 g/mol. The van der Waals surface area contributed by atoms with Gasteiger partial charge in [-0.2, -0.15) is 0 Å². The van der Waals surface area contributed by atoms with Gasteiger partial charge >= 0.3 is 11.6 Å². The molecule has 0 aliphatic carbocycles. The molecule has 0 saturated carbocycles. The van der Waals surface area contributed by atoms with Crippen molar-refractivity contribution in [2.45, 2.75) is 40.2 Å². The Hall–Kier alpha value is -3.22. The van der Waals surface area contributed by atoms with Crippen LogP contribution >= 0.6 is 0 Å². The van der Waals surface area contributed by atoms with Crippen molar-refractivity contribution in [2.75, 3.05) is 11.4 Å². The highest BCUT2D eigenvalue weighted by Gasteiger charge is 2.27. The van der Waals surface area contributed by atoms with Gasteiger partial charge in [0, 0.05) is 30.8 Å². The third kappa shape index (κ3) is 3.60. The Balaban J connectivity index is 1.78. The van der Waals surface area contributed by atoms with Crippen LogP contribution in [0.3, 0.4) is 0 Å². The maximum Gasteiger partial charge on any atom is 0.342 e. The second kappa shape index (κ2) is 7.42. The molecule has 0 saturated heterocycles. The zero-order valence-corrected chi connectivity index (χ0v) is 16.2. The molecule has 0 N–H and O–H groups in total. The van der Waals surface area contributed by atoms with Crippen LogP contribution in [-0.4, -0.2) is 30.3 Å². The standard InChI is InChI=1S/C21H21NO6/c1-11-9-18(24)27-12(2)19(11)21(26)28-13(3)20(25)16-5-6-17-15(10-16)7-8-22(17)14(4)23/h5-6,9-10,13H,7-8H2,1-4H3/t13-/m1/s1. The molecule has 1 atom stereocenters. The van der Waals surface area contributed by atoms with Gasteiger partial charge in [-0.3, -0.25) is 9.59 Å². The van der Waals surface area contributed by atoms with E-state index in [9.17, 15) is 19.2 Å². The van der Waals surface area contributed by atoms with Crippen LogP contribution in [0.2, 0.25) is 0 Å². The fourth-order valence-corrected chi connectivity index (χ4v) is 3.45. The van der Waals surface area contributed by atoms with E-state index in [1.807, 2.05) is 0 Å².